The number of aliphatic hydroxyl groups excluding tert-OH is 1. The van der Waals surface area contributed by atoms with E-state index in [2.05, 4.69) is 50.7 Å². The fourth-order valence-corrected chi connectivity index (χ4v) is 3.83. The summed E-state index contributed by atoms with van der Waals surface area (Å²) in [7, 11) is 2.11. The van der Waals surface area contributed by atoms with Gasteiger partial charge in [0.1, 0.15) is 11.6 Å². The molecule has 1 atom stereocenters. The smallest absolute Gasteiger partial charge is 0.146 e. The zero-order valence-electron chi connectivity index (χ0n) is 15.1. The Balaban J connectivity index is 1.61. The van der Waals surface area contributed by atoms with Crippen molar-refractivity contribution in [2.75, 3.05) is 32.7 Å². The van der Waals surface area contributed by atoms with E-state index in [1.54, 1.807) is 0 Å². The molecule has 2 aliphatic heterocycles. The Bertz CT molecular complexity index is 548. The number of rotatable bonds is 5. The lowest BCUT2D eigenvalue weighted by Gasteiger charge is -2.31. The van der Waals surface area contributed by atoms with E-state index >= 15 is 0 Å². The van der Waals surface area contributed by atoms with Crippen LogP contribution in [0.3, 0.4) is 0 Å². The van der Waals surface area contributed by atoms with E-state index < -0.39 is 0 Å². The summed E-state index contributed by atoms with van der Waals surface area (Å²) in [5.74, 6) is 2.66. The zero-order valence-corrected chi connectivity index (χ0v) is 15.1. The minimum Gasteiger partial charge on any atom is -0.393 e. The average Bonchev–Trinajstić information content (AvgIpc) is 2.96. The van der Waals surface area contributed by atoms with Crippen molar-refractivity contribution in [1.29, 1.82) is 0 Å². The van der Waals surface area contributed by atoms with Gasteiger partial charge in [0.15, 0.2) is 0 Å². The highest BCUT2D eigenvalue weighted by molar-refractivity contribution is 5.04. The molecule has 0 aliphatic carbocycles. The summed E-state index contributed by atoms with van der Waals surface area (Å²) in [6.45, 7) is 8.11. The monoisotopic (exact) mass is 333 g/mol. The van der Waals surface area contributed by atoms with Gasteiger partial charge >= 0.3 is 0 Å². The van der Waals surface area contributed by atoms with Crippen LogP contribution in [0.5, 0.6) is 0 Å². The highest BCUT2D eigenvalue weighted by Crippen LogP contribution is 2.26. The number of piperidine rings is 2. The Morgan fingerprint density at radius 2 is 1.92 bits per heavy atom. The molecule has 3 rings (SSSR count). The summed E-state index contributed by atoms with van der Waals surface area (Å²) < 4.78 is 2.20. The van der Waals surface area contributed by atoms with E-state index in [1.807, 2.05) is 0 Å². The van der Waals surface area contributed by atoms with Gasteiger partial charge in [-0.15, -0.1) is 10.2 Å². The zero-order chi connectivity index (χ0) is 16.9. The number of hydrogen-bond donors (Lipinski definition) is 1. The molecule has 1 N–H and O–H groups in total. The van der Waals surface area contributed by atoms with Gasteiger partial charge in [0.25, 0.3) is 0 Å². The molecule has 0 saturated carbocycles. The van der Waals surface area contributed by atoms with E-state index in [0.717, 1.165) is 57.2 Å². The van der Waals surface area contributed by atoms with Crippen LogP contribution in [-0.4, -0.2) is 68.5 Å². The van der Waals surface area contributed by atoms with Crippen LogP contribution in [0.1, 0.15) is 50.2 Å². The molecule has 2 saturated heterocycles. The van der Waals surface area contributed by atoms with E-state index in [9.17, 15) is 5.11 Å². The van der Waals surface area contributed by atoms with Crippen LogP contribution in [0.4, 0.5) is 0 Å². The third-order valence-electron chi connectivity index (χ3n) is 5.39. The van der Waals surface area contributed by atoms with Gasteiger partial charge in [-0.1, -0.05) is 12.2 Å². The SMILES string of the molecule is C/C=C/CN1CCC[C@@H](c2nnc(CN3CCC(O)CC3)n2C)C1. The van der Waals surface area contributed by atoms with Crippen LogP contribution in [-0.2, 0) is 13.6 Å². The fourth-order valence-electron chi connectivity index (χ4n) is 3.83. The summed E-state index contributed by atoms with van der Waals surface area (Å²) in [5, 5.41) is 18.6. The van der Waals surface area contributed by atoms with Crippen molar-refractivity contribution in [2.24, 2.45) is 7.05 Å². The lowest BCUT2D eigenvalue weighted by Crippen LogP contribution is -2.36. The van der Waals surface area contributed by atoms with Gasteiger partial charge in [0.05, 0.1) is 12.6 Å². The average molecular weight is 333 g/mol. The summed E-state index contributed by atoms with van der Waals surface area (Å²) in [4.78, 5) is 4.88. The van der Waals surface area contributed by atoms with Crippen LogP contribution in [0.25, 0.3) is 0 Å². The molecule has 24 heavy (non-hydrogen) atoms. The minimum atomic E-state index is -0.123. The highest BCUT2D eigenvalue weighted by Gasteiger charge is 2.26. The number of hydrogen-bond acceptors (Lipinski definition) is 5. The number of likely N-dealkylation sites (tertiary alicyclic amines) is 2. The predicted molar refractivity (Wildman–Crippen MR) is 94.7 cm³/mol. The number of nitrogens with zero attached hydrogens (tertiary/aromatic N) is 5. The first kappa shape index (κ1) is 17.6. The van der Waals surface area contributed by atoms with Gasteiger partial charge in [-0.05, 0) is 39.2 Å². The second kappa shape index (κ2) is 8.23. The first-order chi connectivity index (χ1) is 11.7. The number of aliphatic hydroxyl groups is 1. The van der Waals surface area contributed by atoms with Gasteiger partial charge in [0.2, 0.25) is 0 Å². The van der Waals surface area contributed by atoms with Crippen LogP contribution in [0, 0.1) is 0 Å². The molecule has 3 heterocycles. The lowest BCUT2D eigenvalue weighted by atomic mass is 9.97. The molecular weight excluding hydrogens is 302 g/mol. The highest BCUT2D eigenvalue weighted by atomic mass is 16.3. The maximum absolute atomic E-state index is 9.64. The minimum absolute atomic E-state index is 0.123. The Hall–Kier alpha value is -1.24. The molecule has 0 aromatic carbocycles. The van der Waals surface area contributed by atoms with Gasteiger partial charge in [-0.3, -0.25) is 9.80 Å². The molecule has 2 aliphatic rings. The van der Waals surface area contributed by atoms with Crippen molar-refractivity contribution in [3.8, 4) is 0 Å². The van der Waals surface area contributed by atoms with Crippen LogP contribution < -0.4 is 0 Å². The Morgan fingerprint density at radius 3 is 2.67 bits per heavy atom. The van der Waals surface area contributed by atoms with Crippen molar-refractivity contribution in [3.63, 3.8) is 0 Å². The second-order valence-electron chi connectivity index (χ2n) is 7.21. The Morgan fingerprint density at radius 1 is 1.12 bits per heavy atom. The number of aromatic nitrogens is 3. The van der Waals surface area contributed by atoms with Gasteiger partial charge < -0.3 is 9.67 Å². The van der Waals surface area contributed by atoms with Crippen molar-refractivity contribution in [2.45, 2.75) is 51.2 Å². The standard InChI is InChI=1S/C18H31N5O/c1-3-4-9-22-10-5-6-15(13-22)18-20-19-17(21(18)2)14-23-11-7-16(24)8-12-23/h3-4,15-16,24H,5-14H2,1-2H3/b4-3+/t15-/m1/s1. The molecule has 6 heteroatoms. The summed E-state index contributed by atoms with van der Waals surface area (Å²) in [6, 6.07) is 0. The first-order valence-electron chi connectivity index (χ1n) is 9.29. The number of allylic oxidation sites excluding steroid dienone is 1. The maximum atomic E-state index is 9.64. The van der Waals surface area contributed by atoms with E-state index in [4.69, 9.17) is 0 Å². The van der Waals surface area contributed by atoms with Crippen LogP contribution in [0.2, 0.25) is 0 Å². The first-order valence-corrected chi connectivity index (χ1v) is 9.29. The quantitative estimate of drug-likeness (QED) is 0.828. The normalized spacial score (nSPS) is 24.9. The summed E-state index contributed by atoms with van der Waals surface area (Å²) >= 11 is 0. The molecule has 0 unspecified atom stereocenters. The van der Waals surface area contributed by atoms with Gasteiger partial charge in [-0.25, -0.2) is 0 Å². The van der Waals surface area contributed by atoms with Crippen LogP contribution in [0.15, 0.2) is 12.2 Å². The second-order valence-corrected chi connectivity index (χ2v) is 7.21. The molecule has 0 bridgehead atoms. The van der Waals surface area contributed by atoms with Gasteiger partial charge in [-0.2, -0.15) is 0 Å². The van der Waals surface area contributed by atoms with Crippen LogP contribution >= 0.6 is 0 Å². The fraction of sp³-hybridized carbons (Fsp3) is 0.778. The summed E-state index contributed by atoms with van der Waals surface area (Å²) in [5.41, 5.74) is 0. The van der Waals surface area contributed by atoms with Crippen molar-refractivity contribution >= 4 is 0 Å². The molecule has 0 amide bonds. The largest absolute Gasteiger partial charge is 0.393 e. The third-order valence-corrected chi connectivity index (χ3v) is 5.39. The molecule has 1 aromatic rings. The van der Waals surface area contributed by atoms with Gasteiger partial charge in [0, 0.05) is 39.1 Å². The van der Waals surface area contributed by atoms with E-state index in [-0.39, 0.29) is 6.10 Å². The topological polar surface area (TPSA) is 57.4 Å². The predicted octanol–water partition coefficient (Wildman–Crippen LogP) is 1.53. The summed E-state index contributed by atoms with van der Waals surface area (Å²) in [6.07, 6.45) is 8.40. The molecule has 1 aromatic heterocycles. The van der Waals surface area contributed by atoms with Crippen molar-refractivity contribution in [1.82, 2.24) is 24.6 Å². The molecule has 0 radical (unpaired) electrons. The van der Waals surface area contributed by atoms with Crippen molar-refractivity contribution < 1.29 is 5.11 Å². The van der Waals surface area contributed by atoms with Crippen molar-refractivity contribution in [3.05, 3.63) is 23.8 Å². The molecule has 0 spiro atoms. The molecular formula is C18H31N5O. The Kier molecular flexibility index (Phi) is 6.03. The van der Waals surface area contributed by atoms with E-state index in [0.29, 0.717) is 5.92 Å². The Labute approximate surface area is 145 Å². The maximum Gasteiger partial charge on any atom is 0.146 e. The molecule has 2 fully saturated rings. The third kappa shape index (κ3) is 4.23. The van der Waals surface area contributed by atoms with E-state index in [1.165, 1.54) is 19.4 Å². The molecule has 134 valence electrons. The molecule has 6 nitrogen and oxygen atoms in total. The lowest BCUT2D eigenvalue weighted by molar-refractivity contribution is 0.0775.